The van der Waals surface area contributed by atoms with E-state index in [1.165, 1.54) is 11.3 Å². The first-order valence-electron chi connectivity index (χ1n) is 15.3. The number of piperazine rings is 1. The molecule has 2 fully saturated rings. The Kier molecular flexibility index (Phi) is 8.46. The maximum absolute atomic E-state index is 14.2. The number of amides is 1. The molecule has 8 heteroatoms. The third-order valence-electron chi connectivity index (χ3n) is 9.00. The molecular weight excluding hydrogens is 558 g/mol. The van der Waals surface area contributed by atoms with Crippen molar-refractivity contribution in [3.63, 3.8) is 0 Å². The molecule has 1 saturated carbocycles. The van der Waals surface area contributed by atoms with Gasteiger partial charge in [-0.25, -0.2) is 0 Å². The lowest BCUT2D eigenvalue weighted by molar-refractivity contribution is -0.119. The van der Waals surface area contributed by atoms with E-state index in [-0.39, 0.29) is 23.6 Å². The molecule has 43 heavy (non-hydrogen) atoms. The van der Waals surface area contributed by atoms with Crippen molar-refractivity contribution < 1.29 is 4.79 Å². The molecule has 0 radical (unpaired) electrons. The molecule has 1 saturated heterocycles. The lowest BCUT2D eigenvalue weighted by Gasteiger charge is -2.35. The van der Waals surface area contributed by atoms with Crippen LogP contribution in [0, 0.1) is 6.92 Å². The Morgan fingerprint density at radius 2 is 1.56 bits per heavy atom. The minimum absolute atomic E-state index is 0.00528. The van der Waals surface area contributed by atoms with Gasteiger partial charge in [-0.05, 0) is 93.1 Å². The normalized spacial score (nSPS) is 19.4. The summed E-state index contributed by atoms with van der Waals surface area (Å²) >= 11 is 6.58. The fourth-order valence-electron chi connectivity index (χ4n) is 6.71. The van der Waals surface area contributed by atoms with E-state index in [1.54, 1.807) is 6.92 Å². The number of carbonyl (C=O) groups is 1. The molecule has 1 amide bonds. The molecule has 2 N–H and O–H groups in total. The first-order valence-corrected chi connectivity index (χ1v) is 15.7. The maximum Gasteiger partial charge on any atom is 0.259 e. The highest BCUT2D eigenvalue weighted by atomic mass is 35.5. The van der Waals surface area contributed by atoms with E-state index < -0.39 is 0 Å². The first kappa shape index (κ1) is 29.3. The standard InChI is InChI=1S/C35H40ClN5O2/c1-23-20-27(12-15-33(23)40-18-16-39(3)17-19-40)38-28-9-8-25-21-31(30-6-4-5-7-32(30)36)35(43)41(34(25)22-28)29-13-10-26(11-14-29)37-24(2)42/h4-9,12,15,20-22,26,29,38H,10-11,13-14,16-19H2,1-3H3,(H,37,42). The number of carbonyl (C=O) groups excluding carboxylic acids is 1. The summed E-state index contributed by atoms with van der Waals surface area (Å²) in [7, 11) is 2.18. The van der Waals surface area contributed by atoms with Crippen LogP contribution in [0.3, 0.4) is 0 Å². The van der Waals surface area contributed by atoms with E-state index in [1.807, 2.05) is 34.9 Å². The van der Waals surface area contributed by atoms with Gasteiger partial charge in [-0.3, -0.25) is 9.59 Å². The number of likely N-dealkylation sites (N-methyl/N-ethyl adjacent to an activating group) is 1. The number of nitrogens with zero attached hydrogens (tertiary/aromatic N) is 3. The molecule has 7 nitrogen and oxygen atoms in total. The van der Waals surface area contributed by atoms with Crippen LogP contribution in [0.25, 0.3) is 22.0 Å². The Labute approximate surface area is 258 Å². The van der Waals surface area contributed by atoms with Gasteiger partial charge in [0.15, 0.2) is 0 Å². The third-order valence-corrected chi connectivity index (χ3v) is 9.33. The molecule has 1 aliphatic heterocycles. The average molecular weight is 598 g/mol. The predicted molar refractivity (Wildman–Crippen MR) is 178 cm³/mol. The van der Waals surface area contributed by atoms with Crippen LogP contribution in [0.2, 0.25) is 5.02 Å². The van der Waals surface area contributed by atoms with Crippen LogP contribution in [0.4, 0.5) is 17.1 Å². The molecule has 0 spiro atoms. The highest BCUT2D eigenvalue weighted by Crippen LogP contribution is 2.35. The van der Waals surface area contributed by atoms with Crippen LogP contribution in [0.15, 0.2) is 71.5 Å². The predicted octanol–water partition coefficient (Wildman–Crippen LogP) is 6.75. The zero-order valence-electron chi connectivity index (χ0n) is 25.2. The summed E-state index contributed by atoms with van der Waals surface area (Å²) in [6.07, 6.45) is 3.31. The number of aromatic nitrogens is 1. The summed E-state index contributed by atoms with van der Waals surface area (Å²) in [5, 5.41) is 8.21. The highest BCUT2D eigenvalue weighted by Gasteiger charge is 2.26. The third kappa shape index (κ3) is 6.29. The van der Waals surface area contributed by atoms with E-state index in [4.69, 9.17) is 11.6 Å². The average Bonchev–Trinajstić information content (AvgIpc) is 2.98. The minimum atomic E-state index is -0.0342. The molecule has 2 aliphatic rings. The molecule has 0 bridgehead atoms. The number of aryl methyl sites for hydroxylation is 1. The van der Waals surface area contributed by atoms with E-state index in [2.05, 4.69) is 70.8 Å². The van der Waals surface area contributed by atoms with Gasteiger partial charge in [0.2, 0.25) is 5.91 Å². The van der Waals surface area contributed by atoms with Gasteiger partial charge in [0, 0.05) is 78.4 Å². The Hall–Kier alpha value is -3.81. The smallest absolute Gasteiger partial charge is 0.259 e. The molecule has 1 aromatic heterocycles. The number of hydrogen-bond donors (Lipinski definition) is 2. The Morgan fingerprint density at radius 3 is 2.26 bits per heavy atom. The molecular formula is C35H40ClN5O2. The van der Waals surface area contributed by atoms with Crippen LogP contribution in [0.1, 0.15) is 44.2 Å². The van der Waals surface area contributed by atoms with E-state index in [0.29, 0.717) is 10.6 Å². The van der Waals surface area contributed by atoms with Crippen LogP contribution in [-0.4, -0.2) is 54.6 Å². The number of fused-ring (bicyclic) bond motifs is 1. The van der Waals surface area contributed by atoms with Crippen molar-refractivity contribution in [3.8, 4) is 11.1 Å². The van der Waals surface area contributed by atoms with Crippen molar-refractivity contribution in [1.29, 1.82) is 0 Å². The van der Waals surface area contributed by atoms with Crippen molar-refractivity contribution in [2.24, 2.45) is 0 Å². The van der Waals surface area contributed by atoms with E-state index in [9.17, 15) is 9.59 Å². The summed E-state index contributed by atoms with van der Waals surface area (Å²) in [6, 6.07) is 22.5. The van der Waals surface area contributed by atoms with Crippen LogP contribution < -0.4 is 21.1 Å². The van der Waals surface area contributed by atoms with Crippen molar-refractivity contribution in [1.82, 2.24) is 14.8 Å². The SMILES string of the molecule is CC(=O)NC1CCC(n2c(=O)c(-c3ccccc3Cl)cc3ccc(Nc4ccc(N5CCN(C)CC5)c(C)c4)cc32)CC1. The molecule has 0 unspecified atom stereocenters. The van der Waals surface area contributed by atoms with Crippen molar-refractivity contribution in [2.45, 2.75) is 51.6 Å². The summed E-state index contributed by atoms with van der Waals surface area (Å²) in [4.78, 5) is 30.7. The molecule has 0 atom stereocenters. The van der Waals surface area contributed by atoms with Gasteiger partial charge in [0.05, 0.1) is 5.52 Å². The molecule has 4 aromatic rings. The largest absolute Gasteiger partial charge is 0.369 e. The van der Waals surface area contributed by atoms with Crippen LogP contribution in [-0.2, 0) is 4.79 Å². The summed E-state index contributed by atoms with van der Waals surface area (Å²) < 4.78 is 1.98. The summed E-state index contributed by atoms with van der Waals surface area (Å²) in [5.74, 6) is -0.00528. The van der Waals surface area contributed by atoms with Crippen molar-refractivity contribution in [3.05, 3.63) is 87.7 Å². The van der Waals surface area contributed by atoms with Crippen molar-refractivity contribution in [2.75, 3.05) is 43.4 Å². The maximum atomic E-state index is 14.2. The fourth-order valence-corrected chi connectivity index (χ4v) is 6.95. The molecule has 3 aromatic carbocycles. The van der Waals surface area contributed by atoms with Gasteiger partial charge in [-0.1, -0.05) is 35.9 Å². The molecule has 1 aliphatic carbocycles. The molecule has 2 heterocycles. The first-order chi connectivity index (χ1) is 20.8. The van der Waals surface area contributed by atoms with Crippen LogP contribution in [0.5, 0.6) is 0 Å². The number of benzene rings is 3. The quantitative estimate of drug-likeness (QED) is 0.257. The minimum Gasteiger partial charge on any atom is -0.369 e. The van der Waals surface area contributed by atoms with Gasteiger partial charge in [-0.2, -0.15) is 0 Å². The van der Waals surface area contributed by atoms with Gasteiger partial charge in [-0.15, -0.1) is 0 Å². The zero-order chi connectivity index (χ0) is 30.1. The summed E-state index contributed by atoms with van der Waals surface area (Å²) in [6.45, 7) is 7.96. The number of hydrogen-bond acceptors (Lipinski definition) is 5. The second-order valence-corrected chi connectivity index (χ2v) is 12.5. The lowest BCUT2D eigenvalue weighted by Crippen LogP contribution is -2.44. The monoisotopic (exact) mass is 597 g/mol. The van der Waals surface area contributed by atoms with E-state index >= 15 is 0 Å². The molecule has 6 rings (SSSR count). The zero-order valence-corrected chi connectivity index (χ0v) is 26.0. The second kappa shape index (κ2) is 12.4. The van der Waals surface area contributed by atoms with Gasteiger partial charge >= 0.3 is 0 Å². The number of halogens is 1. The lowest BCUT2D eigenvalue weighted by atomic mass is 9.90. The van der Waals surface area contributed by atoms with E-state index in [0.717, 1.165) is 79.7 Å². The van der Waals surface area contributed by atoms with Gasteiger partial charge in [0.25, 0.3) is 5.56 Å². The van der Waals surface area contributed by atoms with Crippen LogP contribution >= 0.6 is 11.6 Å². The number of anilines is 3. The van der Waals surface area contributed by atoms with Gasteiger partial charge < -0.3 is 25.0 Å². The van der Waals surface area contributed by atoms with Crippen molar-refractivity contribution >= 4 is 45.5 Å². The molecule has 224 valence electrons. The Morgan fingerprint density at radius 1 is 0.860 bits per heavy atom. The number of pyridine rings is 1. The number of nitrogens with one attached hydrogen (secondary N) is 2. The number of rotatable bonds is 6. The van der Waals surface area contributed by atoms with Gasteiger partial charge in [0.1, 0.15) is 0 Å². The Balaban J connectivity index is 1.35. The topological polar surface area (TPSA) is 69.6 Å². The fraction of sp³-hybridized carbons (Fsp3) is 0.371. The summed E-state index contributed by atoms with van der Waals surface area (Å²) in [5.41, 5.74) is 6.71. The Bertz CT molecular complexity index is 1700. The highest BCUT2D eigenvalue weighted by molar-refractivity contribution is 6.33. The second-order valence-electron chi connectivity index (χ2n) is 12.1.